The number of alkyl halides is 2. The second-order valence-electron chi connectivity index (χ2n) is 4.31. The van der Waals surface area contributed by atoms with Gasteiger partial charge < -0.3 is 0 Å². The molecule has 1 nitrogen and oxygen atoms in total. The Hall–Kier alpha value is -0.925. The maximum atomic E-state index is 12.6. The van der Waals surface area contributed by atoms with Gasteiger partial charge in [0.2, 0.25) is 5.82 Å². The van der Waals surface area contributed by atoms with E-state index in [4.69, 9.17) is 0 Å². The lowest BCUT2D eigenvalue weighted by molar-refractivity contribution is 0.0889. The molecular weight excluding hydrogens is 183 g/mol. The highest BCUT2D eigenvalue weighted by Crippen LogP contribution is 2.25. The van der Waals surface area contributed by atoms with Crippen LogP contribution in [0.15, 0.2) is 18.3 Å². The first-order valence-corrected chi connectivity index (χ1v) is 4.35. The zero-order chi connectivity index (χ0) is 11.0. The molecule has 0 atom stereocenters. The molecule has 74 valence electrons. The Bertz CT molecular complexity index is 275. The fourth-order valence-corrected chi connectivity index (χ4v) is 1.03. The Morgan fingerprint density at radius 3 is 2.07 bits per heavy atom. The van der Waals surface area contributed by atoms with Gasteiger partial charge in [0.1, 0.15) is 0 Å². The number of pyridine rings is 1. The molecule has 0 saturated carbocycles. The third kappa shape index (κ3) is 2.53. The number of nitrogens with zero attached hydrogens (tertiary/aromatic N) is 1. The summed E-state index contributed by atoms with van der Waals surface area (Å²) in [4.78, 5) is 3.64. The average molecular weight is 195 g/mol. The topological polar surface area (TPSA) is 12.9 Å². The summed E-state index contributed by atoms with van der Waals surface area (Å²) >= 11 is 0. The van der Waals surface area contributed by atoms with Crippen LogP contribution in [0.2, 0.25) is 0 Å². The van der Waals surface area contributed by atoms with Gasteiger partial charge >= 0.3 is 0 Å². The van der Waals surface area contributed by atoms with Crippen LogP contribution < -0.4 is 0 Å². The van der Waals surface area contributed by atoms with Crippen molar-refractivity contribution in [3.05, 3.63) is 29.6 Å². The van der Waals surface area contributed by atoms with Crippen molar-refractivity contribution in [3.63, 3.8) is 0 Å². The van der Waals surface area contributed by atoms with Crippen LogP contribution in [-0.4, -0.2) is 12.8 Å². The molecule has 0 aromatic carbocycles. The Kier molecular flexibility index (Phi) is 2.66. The number of hydrogen-bond donors (Lipinski definition) is 0. The van der Waals surface area contributed by atoms with Crippen LogP contribution in [0.1, 0.15) is 32.0 Å². The number of aromatic nitrogens is 1. The molecular formula is C10H12BF2N. The first-order valence-electron chi connectivity index (χ1n) is 4.35. The maximum Gasteiger partial charge on any atom is 0.240 e. The summed E-state index contributed by atoms with van der Waals surface area (Å²) in [5.74, 6) is -3.35. The minimum absolute atomic E-state index is 0.0879. The molecule has 1 rings (SSSR count). The van der Waals surface area contributed by atoms with Crippen molar-refractivity contribution in [1.29, 1.82) is 0 Å². The highest BCUT2D eigenvalue weighted by atomic mass is 19.3. The molecule has 0 N–H and O–H groups in total. The van der Waals surface area contributed by atoms with Gasteiger partial charge in [0.05, 0.1) is 5.69 Å². The summed E-state index contributed by atoms with van der Waals surface area (Å²) in [6, 6.07) is 2.89. The Morgan fingerprint density at radius 1 is 1.21 bits per heavy atom. The molecule has 2 radical (unpaired) electrons. The molecule has 0 aliphatic carbocycles. The molecule has 1 heterocycles. The Morgan fingerprint density at radius 2 is 1.79 bits per heavy atom. The molecule has 14 heavy (non-hydrogen) atoms. The van der Waals surface area contributed by atoms with Gasteiger partial charge in [-0.25, -0.2) is 8.78 Å². The third-order valence-electron chi connectivity index (χ3n) is 1.97. The highest BCUT2D eigenvalue weighted by molar-refractivity contribution is 6.13. The van der Waals surface area contributed by atoms with Crippen LogP contribution in [0.25, 0.3) is 0 Å². The van der Waals surface area contributed by atoms with Gasteiger partial charge in [-0.2, -0.15) is 0 Å². The van der Waals surface area contributed by atoms with E-state index in [1.165, 1.54) is 12.3 Å². The first kappa shape index (κ1) is 11.2. The lowest BCUT2D eigenvalue weighted by atomic mass is 9.87. The fraction of sp³-hybridized carbons (Fsp3) is 0.500. The van der Waals surface area contributed by atoms with E-state index in [1.807, 2.05) is 20.8 Å². The molecule has 0 aliphatic heterocycles. The van der Waals surface area contributed by atoms with Crippen molar-refractivity contribution in [1.82, 2.24) is 4.98 Å². The van der Waals surface area contributed by atoms with Crippen molar-refractivity contribution in [2.45, 2.75) is 32.0 Å². The molecule has 4 heteroatoms. The van der Waals surface area contributed by atoms with Gasteiger partial charge in [-0.15, -0.1) is 0 Å². The van der Waals surface area contributed by atoms with Gasteiger partial charge in [-0.05, 0) is 17.0 Å². The van der Waals surface area contributed by atoms with E-state index in [1.54, 1.807) is 6.07 Å². The number of halogens is 2. The lowest BCUT2D eigenvalue weighted by Crippen LogP contribution is -2.17. The summed E-state index contributed by atoms with van der Waals surface area (Å²) in [6.45, 7) is 5.97. The molecule has 0 aliphatic rings. The smallest absolute Gasteiger partial charge is 0.240 e. The van der Waals surface area contributed by atoms with Crippen molar-refractivity contribution in [3.8, 4) is 0 Å². The van der Waals surface area contributed by atoms with E-state index in [0.717, 1.165) is 5.56 Å². The quantitative estimate of drug-likeness (QED) is 0.627. The van der Waals surface area contributed by atoms with Crippen LogP contribution in [0, 0.1) is 0 Å². The van der Waals surface area contributed by atoms with Gasteiger partial charge in [0, 0.05) is 6.20 Å². The largest absolute Gasteiger partial charge is 0.256 e. The first-order chi connectivity index (χ1) is 6.21. The molecule has 0 unspecified atom stereocenters. The monoisotopic (exact) mass is 195 g/mol. The summed E-state index contributed by atoms with van der Waals surface area (Å²) < 4.78 is 25.2. The van der Waals surface area contributed by atoms with Crippen molar-refractivity contribution >= 4 is 7.85 Å². The fourth-order valence-electron chi connectivity index (χ4n) is 1.03. The zero-order valence-electron chi connectivity index (χ0n) is 8.51. The Labute approximate surface area is 84.0 Å². The van der Waals surface area contributed by atoms with Crippen molar-refractivity contribution < 1.29 is 8.78 Å². The second kappa shape index (κ2) is 3.33. The summed E-state index contributed by atoms with van der Waals surface area (Å²) in [5.41, 5.74) is 0.422. The van der Waals surface area contributed by atoms with Crippen LogP contribution in [0.4, 0.5) is 8.78 Å². The minimum Gasteiger partial charge on any atom is -0.256 e. The normalized spacial score (nSPS) is 12.9. The van der Waals surface area contributed by atoms with E-state index in [-0.39, 0.29) is 5.41 Å². The highest BCUT2D eigenvalue weighted by Gasteiger charge is 2.25. The average Bonchev–Trinajstić information content (AvgIpc) is 2.01. The maximum absolute atomic E-state index is 12.6. The van der Waals surface area contributed by atoms with Gasteiger partial charge in [0.15, 0.2) is 7.85 Å². The minimum atomic E-state index is -3.35. The molecule has 0 saturated heterocycles. The summed E-state index contributed by atoms with van der Waals surface area (Å²) in [7, 11) is 4.62. The predicted octanol–water partition coefficient (Wildman–Crippen LogP) is 2.60. The molecule has 0 fully saturated rings. The second-order valence-corrected chi connectivity index (χ2v) is 4.31. The van der Waals surface area contributed by atoms with Crippen LogP contribution >= 0.6 is 0 Å². The number of rotatable bonds is 1. The van der Waals surface area contributed by atoms with E-state index in [2.05, 4.69) is 12.8 Å². The molecule has 0 bridgehead atoms. The summed E-state index contributed by atoms with van der Waals surface area (Å²) in [6.07, 6.45) is 1.44. The van der Waals surface area contributed by atoms with Gasteiger partial charge in [-0.1, -0.05) is 26.8 Å². The lowest BCUT2D eigenvalue weighted by Gasteiger charge is -2.19. The molecule has 1 aromatic heterocycles. The van der Waals surface area contributed by atoms with E-state index in [0.29, 0.717) is 0 Å². The number of hydrogen-bond acceptors (Lipinski definition) is 1. The SMILES string of the molecule is [B]C(F)(F)c1ccc(C(C)(C)C)cn1. The molecule has 1 aromatic rings. The van der Waals surface area contributed by atoms with E-state index >= 15 is 0 Å². The van der Waals surface area contributed by atoms with E-state index < -0.39 is 11.5 Å². The zero-order valence-corrected chi connectivity index (χ0v) is 8.51. The standard InChI is InChI=1S/C10H12BF2N/c1-9(2,3)7-4-5-8(14-6-7)10(11,12)13/h4-6H,1-3H3. The third-order valence-corrected chi connectivity index (χ3v) is 1.97. The van der Waals surface area contributed by atoms with Gasteiger partial charge in [0.25, 0.3) is 0 Å². The predicted molar refractivity (Wildman–Crippen MR) is 52.6 cm³/mol. The van der Waals surface area contributed by atoms with E-state index in [9.17, 15) is 8.78 Å². The van der Waals surface area contributed by atoms with Crippen molar-refractivity contribution in [2.75, 3.05) is 0 Å². The van der Waals surface area contributed by atoms with Crippen LogP contribution in [0.3, 0.4) is 0 Å². The van der Waals surface area contributed by atoms with Crippen molar-refractivity contribution in [2.24, 2.45) is 0 Å². The molecule has 0 spiro atoms. The Balaban J connectivity index is 3.02. The molecule has 0 amide bonds. The summed E-state index contributed by atoms with van der Waals surface area (Å²) in [5, 5.41) is 0. The van der Waals surface area contributed by atoms with Gasteiger partial charge in [-0.3, -0.25) is 4.98 Å². The van der Waals surface area contributed by atoms with Crippen LogP contribution in [0.5, 0.6) is 0 Å². The van der Waals surface area contributed by atoms with Crippen LogP contribution in [-0.2, 0) is 11.2 Å².